The lowest BCUT2D eigenvalue weighted by Gasteiger charge is -2.16. The fraction of sp³-hybridized carbons (Fsp3) is 0.750. The van der Waals surface area contributed by atoms with Gasteiger partial charge in [0.15, 0.2) is 0 Å². The monoisotopic (exact) mass is 226 g/mol. The minimum absolute atomic E-state index is 0.137. The van der Waals surface area contributed by atoms with Crippen LogP contribution < -0.4 is 0 Å². The van der Waals surface area contributed by atoms with Crippen molar-refractivity contribution < 1.29 is 19.4 Å². The van der Waals surface area contributed by atoms with Crippen molar-refractivity contribution in [3.8, 4) is 0 Å². The van der Waals surface area contributed by atoms with Gasteiger partial charge in [0.1, 0.15) is 12.2 Å². The highest BCUT2D eigenvalue weighted by molar-refractivity contribution is 5.72. The van der Waals surface area contributed by atoms with Crippen LogP contribution in [0.25, 0.3) is 0 Å². The quantitative estimate of drug-likeness (QED) is 0.577. The van der Waals surface area contributed by atoms with E-state index in [0.29, 0.717) is 19.3 Å². The standard InChI is InChI=1S/C12H18O4/c1-2-3-4-5-8(13)9-6-10-11(15-9)7-12(14)16-10/h3-4,8-11,13H,2,5-7H2,1H3/b4-3+/t8-,9+,10+,11+/m0/s1. The van der Waals surface area contributed by atoms with E-state index in [1.807, 2.05) is 12.2 Å². The third-order valence-corrected chi connectivity index (χ3v) is 3.09. The number of carbonyl (C=O) groups excluding carboxylic acids is 1. The summed E-state index contributed by atoms with van der Waals surface area (Å²) in [5.41, 5.74) is 0. The zero-order valence-electron chi connectivity index (χ0n) is 9.46. The fourth-order valence-electron chi connectivity index (χ4n) is 2.24. The molecule has 4 atom stereocenters. The average molecular weight is 226 g/mol. The molecule has 16 heavy (non-hydrogen) atoms. The predicted molar refractivity (Wildman–Crippen MR) is 57.8 cm³/mol. The molecule has 2 rings (SSSR count). The second-order valence-electron chi connectivity index (χ2n) is 4.36. The third kappa shape index (κ3) is 2.44. The van der Waals surface area contributed by atoms with E-state index < -0.39 is 6.10 Å². The molecule has 0 spiro atoms. The number of carbonyl (C=O) groups is 1. The molecule has 0 aliphatic carbocycles. The molecule has 0 amide bonds. The predicted octanol–water partition coefficient (Wildman–Crippen LogP) is 1.18. The summed E-state index contributed by atoms with van der Waals surface area (Å²) in [5.74, 6) is -0.186. The van der Waals surface area contributed by atoms with Crippen LogP contribution in [0.3, 0.4) is 0 Å². The van der Waals surface area contributed by atoms with Crippen LogP contribution in [-0.4, -0.2) is 35.5 Å². The molecule has 0 saturated carbocycles. The molecule has 1 N–H and O–H groups in total. The summed E-state index contributed by atoms with van der Waals surface area (Å²) in [6.07, 6.45) is 5.57. The van der Waals surface area contributed by atoms with E-state index in [4.69, 9.17) is 9.47 Å². The summed E-state index contributed by atoms with van der Waals surface area (Å²) < 4.78 is 10.7. The van der Waals surface area contributed by atoms with Crippen LogP contribution in [0.4, 0.5) is 0 Å². The topological polar surface area (TPSA) is 55.8 Å². The Kier molecular flexibility index (Phi) is 3.61. The Labute approximate surface area is 95.2 Å². The van der Waals surface area contributed by atoms with Gasteiger partial charge in [0.05, 0.1) is 18.6 Å². The van der Waals surface area contributed by atoms with Crippen molar-refractivity contribution in [3.63, 3.8) is 0 Å². The van der Waals surface area contributed by atoms with E-state index in [9.17, 15) is 9.90 Å². The fourth-order valence-corrected chi connectivity index (χ4v) is 2.24. The maximum atomic E-state index is 11.0. The van der Waals surface area contributed by atoms with Crippen molar-refractivity contribution >= 4 is 5.97 Å². The molecule has 0 aromatic rings. The first-order chi connectivity index (χ1) is 7.70. The zero-order valence-corrected chi connectivity index (χ0v) is 9.46. The summed E-state index contributed by atoms with van der Waals surface area (Å²) in [6, 6.07) is 0. The summed E-state index contributed by atoms with van der Waals surface area (Å²) in [4.78, 5) is 11.0. The normalized spacial score (nSPS) is 35.4. The Morgan fingerprint density at radius 2 is 2.31 bits per heavy atom. The van der Waals surface area contributed by atoms with Crippen LogP contribution >= 0.6 is 0 Å². The molecule has 2 saturated heterocycles. The second-order valence-corrected chi connectivity index (χ2v) is 4.36. The van der Waals surface area contributed by atoms with Gasteiger partial charge in [-0.15, -0.1) is 0 Å². The number of aliphatic hydroxyl groups excluding tert-OH is 1. The van der Waals surface area contributed by atoms with Gasteiger partial charge in [-0.2, -0.15) is 0 Å². The van der Waals surface area contributed by atoms with Crippen LogP contribution in [0.5, 0.6) is 0 Å². The molecule has 4 heteroatoms. The molecular formula is C12H18O4. The van der Waals surface area contributed by atoms with E-state index in [0.717, 1.165) is 6.42 Å². The number of aliphatic hydroxyl groups is 1. The molecule has 2 fully saturated rings. The van der Waals surface area contributed by atoms with Gasteiger partial charge in [0.2, 0.25) is 0 Å². The Morgan fingerprint density at radius 3 is 3.00 bits per heavy atom. The second kappa shape index (κ2) is 4.97. The number of hydrogen-bond acceptors (Lipinski definition) is 4. The van der Waals surface area contributed by atoms with E-state index in [1.54, 1.807) is 0 Å². The van der Waals surface area contributed by atoms with Crippen LogP contribution in [0.2, 0.25) is 0 Å². The highest BCUT2D eigenvalue weighted by atomic mass is 16.6. The lowest BCUT2D eigenvalue weighted by atomic mass is 10.1. The lowest BCUT2D eigenvalue weighted by Crippen LogP contribution is -2.26. The van der Waals surface area contributed by atoms with E-state index in [1.165, 1.54) is 0 Å². The Bertz CT molecular complexity index is 271. The van der Waals surface area contributed by atoms with Crippen LogP contribution in [0, 0.1) is 0 Å². The molecule has 2 aliphatic heterocycles. The van der Waals surface area contributed by atoms with Gasteiger partial charge in [-0.3, -0.25) is 4.79 Å². The van der Waals surface area contributed by atoms with E-state index in [-0.39, 0.29) is 24.3 Å². The van der Waals surface area contributed by atoms with Crippen molar-refractivity contribution in [1.82, 2.24) is 0 Å². The van der Waals surface area contributed by atoms with Gasteiger partial charge in [0.25, 0.3) is 0 Å². The van der Waals surface area contributed by atoms with Crippen LogP contribution in [0.15, 0.2) is 12.2 Å². The number of allylic oxidation sites excluding steroid dienone is 1. The first kappa shape index (κ1) is 11.6. The average Bonchev–Trinajstić information content (AvgIpc) is 2.74. The smallest absolute Gasteiger partial charge is 0.308 e. The molecule has 2 aliphatic rings. The van der Waals surface area contributed by atoms with Crippen LogP contribution in [-0.2, 0) is 14.3 Å². The maximum absolute atomic E-state index is 11.0. The minimum atomic E-state index is -0.493. The zero-order chi connectivity index (χ0) is 11.5. The number of ether oxygens (including phenoxy) is 2. The highest BCUT2D eigenvalue weighted by Crippen LogP contribution is 2.33. The summed E-state index contributed by atoms with van der Waals surface area (Å²) >= 11 is 0. The van der Waals surface area contributed by atoms with Gasteiger partial charge < -0.3 is 14.6 Å². The Hall–Kier alpha value is -0.870. The molecule has 2 heterocycles. The summed E-state index contributed by atoms with van der Waals surface area (Å²) in [7, 11) is 0. The van der Waals surface area contributed by atoms with Crippen molar-refractivity contribution in [2.75, 3.05) is 0 Å². The molecule has 0 bridgehead atoms. The SMILES string of the molecule is CC/C=C/C[C@H](O)[C@H]1C[C@H]2OC(=O)C[C@H]2O1. The van der Waals surface area contributed by atoms with Gasteiger partial charge in [-0.1, -0.05) is 19.1 Å². The van der Waals surface area contributed by atoms with Gasteiger partial charge >= 0.3 is 5.97 Å². The minimum Gasteiger partial charge on any atom is -0.459 e. The third-order valence-electron chi connectivity index (χ3n) is 3.09. The summed E-state index contributed by atoms with van der Waals surface area (Å²) in [5, 5.41) is 9.88. The molecule has 0 aromatic carbocycles. The first-order valence-electron chi connectivity index (χ1n) is 5.88. The van der Waals surface area contributed by atoms with Gasteiger partial charge in [-0.25, -0.2) is 0 Å². The first-order valence-corrected chi connectivity index (χ1v) is 5.88. The van der Waals surface area contributed by atoms with E-state index >= 15 is 0 Å². The summed E-state index contributed by atoms with van der Waals surface area (Å²) in [6.45, 7) is 2.05. The molecule has 0 unspecified atom stereocenters. The maximum Gasteiger partial charge on any atom is 0.308 e. The molecule has 90 valence electrons. The Balaban J connectivity index is 1.81. The number of rotatable bonds is 4. The van der Waals surface area contributed by atoms with Crippen molar-refractivity contribution in [2.45, 2.75) is 57.0 Å². The molecular weight excluding hydrogens is 208 g/mol. The van der Waals surface area contributed by atoms with E-state index in [2.05, 4.69) is 6.92 Å². The Morgan fingerprint density at radius 1 is 1.50 bits per heavy atom. The van der Waals surface area contributed by atoms with Crippen molar-refractivity contribution in [3.05, 3.63) is 12.2 Å². The number of fused-ring (bicyclic) bond motifs is 1. The van der Waals surface area contributed by atoms with Gasteiger partial charge in [0, 0.05) is 6.42 Å². The lowest BCUT2D eigenvalue weighted by molar-refractivity contribution is -0.141. The van der Waals surface area contributed by atoms with Gasteiger partial charge in [-0.05, 0) is 12.8 Å². The van der Waals surface area contributed by atoms with Crippen molar-refractivity contribution in [1.29, 1.82) is 0 Å². The molecule has 0 aromatic heterocycles. The molecule has 0 radical (unpaired) electrons. The molecule has 4 nitrogen and oxygen atoms in total. The van der Waals surface area contributed by atoms with Crippen LogP contribution in [0.1, 0.15) is 32.6 Å². The number of hydrogen-bond donors (Lipinski definition) is 1. The van der Waals surface area contributed by atoms with Crippen molar-refractivity contribution in [2.24, 2.45) is 0 Å². The largest absolute Gasteiger partial charge is 0.459 e. The highest BCUT2D eigenvalue weighted by Gasteiger charge is 2.45. The number of esters is 1.